The van der Waals surface area contributed by atoms with Crippen molar-refractivity contribution < 1.29 is 9.18 Å². The van der Waals surface area contributed by atoms with Crippen molar-refractivity contribution in [2.45, 2.75) is 6.54 Å². The van der Waals surface area contributed by atoms with Gasteiger partial charge in [-0.2, -0.15) is 0 Å². The van der Waals surface area contributed by atoms with Crippen LogP contribution in [0.25, 0.3) is 10.1 Å². The van der Waals surface area contributed by atoms with Gasteiger partial charge in [0.1, 0.15) is 10.7 Å². The summed E-state index contributed by atoms with van der Waals surface area (Å²) in [5, 5.41) is 3.80. The number of thiophene rings is 1. The number of nitrogens with zero attached hydrogens (tertiary/aromatic N) is 1. The molecule has 0 unspecified atom stereocenters. The zero-order chi connectivity index (χ0) is 14.8. The van der Waals surface area contributed by atoms with E-state index < -0.39 is 0 Å². The minimum absolute atomic E-state index is 0.285. The molecule has 0 aliphatic carbocycles. The van der Waals surface area contributed by atoms with Crippen LogP contribution >= 0.6 is 22.9 Å². The van der Waals surface area contributed by atoms with E-state index in [0.29, 0.717) is 26.5 Å². The number of amides is 1. The maximum atomic E-state index is 13.2. The molecule has 0 fully saturated rings. The van der Waals surface area contributed by atoms with Gasteiger partial charge in [-0.15, -0.1) is 11.3 Å². The lowest BCUT2D eigenvalue weighted by Gasteiger charge is -2.03. The molecule has 0 saturated heterocycles. The minimum atomic E-state index is -0.346. The Morgan fingerprint density at radius 2 is 2.19 bits per heavy atom. The van der Waals surface area contributed by atoms with Crippen molar-refractivity contribution in [2.24, 2.45) is 0 Å². The van der Waals surface area contributed by atoms with Gasteiger partial charge in [0, 0.05) is 16.3 Å². The molecule has 3 aromatic rings. The summed E-state index contributed by atoms with van der Waals surface area (Å²) in [7, 11) is 0. The van der Waals surface area contributed by atoms with Crippen molar-refractivity contribution >= 4 is 38.9 Å². The SMILES string of the molecule is O=C(NCc1ccccn1)c1sc2cc(F)ccc2c1Cl. The number of hydrogen-bond acceptors (Lipinski definition) is 3. The van der Waals surface area contributed by atoms with Crippen molar-refractivity contribution in [3.05, 3.63) is 64.0 Å². The van der Waals surface area contributed by atoms with Crippen LogP contribution in [-0.2, 0) is 6.54 Å². The van der Waals surface area contributed by atoms with Crippen molar-refractivity contribution in [2.75, 3.05) is 0 Å². The highest BCUT2D eigenvalue weighted by atomic mass is 35.5. The predicted molar refractivity (Wildman–Crippen MR) is 82.2 cm³/mol. The molecule has 2 aromatic heterocycles. The van der Waals surface area contributed by atoms with E-state index in [1.54, 1.807) is 12.3 Å². The Morgan fingerprint density at radius 1 is 1.33 bits per heavy atom. The molecule has 0 aliphatic heterocycles. The highest BCUT2D eigenvalue weighted by molar-refractivity contribution is 7.21. The lowest BCUT2D eigenvalue weighted by Crippen LogP contribution is -2.22. The van der Waals surface area contributed by atoms with E-state index in [1.165, 1.54) is 23.5 Å². The van der Waals surface area contributed by atoms with Crippen LogP contribution in [0.2, 0.25) is 5.02 Å². The number of carbonyl (C=O) groups is 1. The van der Waals surface area contributed by atoms with Crippen molar-refractivity contribution in [3.8, 4) is 0 Å². The molecule has 3 nitrogen and oxygen atoms in total. The number of pyridine rings is 1. The maximum Gasteiger partial charge on any atom is 0.263 e. The fourth-order valence-electron chi connectivity index (χ4n) is 1.94. The summed E-state index contributed by atoms with van der Waals surface area (Å²) in [4.78, 5) is 16.7. The number of nitrogens with one attached hydrogen (secondary N) is 1. The number of rotatable bonds is 3. The van der Waals surface area contributed by atoms with Gasteiger partial charge in [0.05, 0.1) is 17.3 Å². The van der Waals surface area contributed by atoms with E-state index in [4.69, 9.17) is 11.6 Å². The summed E-state index contributed by atoms with van der Waals surface area (Å²) in [6.45, 7) is 0.318. The molecule has 1 amide bonds. The van der Waals surface area contributed by atoms with Crippen molar-refractivity contribution in [3.63, 3.8) is 0 Å². The van der Waals surface area contributed by atoms with E-state index in [2.05, 4.69) is 10.3 Å². The third-order valence-corrected chi connectivity index (χ3v) is 4.61. The van der Waals surface area contributed by atoms with Crippen LogP contribution in [0.1, 0.15) is 15.4 Å². The molecule has 0 aliphatic rings. The number of fused-ring (bicyclic) bond motifs is 1. The fraction of sp³-hybridized carbons (Fsp3) is 0.0667. The van der Waals surface area contributed by atoms with Gasteiger partial charge in [-0.25, -0.2) is 4.39 Å². The Morgan fingerprint density at radius 3 is 2.95 bits per heavy atom. The van der Waals surface area contributed by atoms with Crippen molar-refractivity contribution in [1.29, 1.82) is 0 Å². The van der Waals surface area contributed by atoms with Gasteiger partial charge in [-0.05, 0) is 30.3 Å². The number of carbonyl (C=O) groups excluding carboxylic acids is 1. The normalized spacial score (nSPS) is 10.8. The zero-order valence-electron chi connectivity index (χ0n) is 10.8. The zero-order valence-corrected chi connectivity index (χ0v) is 12.3. The second-order valence-corrected chi connectivity index (χ2v) is 5.82. The molecule has 1 N–H and O–H groups in total. The average Bonchev–Trinajstić information content (AvgIpc) is 2.82. The summed E-state index contributed by atoms with van der Waals surface area (Å²) >= 11 is 7.37. The second kappa shape index (κ2) is 5.79. The van der Waals surface area contributed by atoms with Gasteiger partial charge in [-0.1, -0.05) is 17.7 Å². The molecule has 2 heterocycles. The number of aromatic nitrogens is 1. The van der Waals surface area contributed by atoms with Crippen LogP contribution in [0, 0.1) is 5.82 Å². The molecule has 3 rings (SSSR count). The number of benzene rings is 1. The standard InChI is InChI=1S/C15H10ClFN2OS/c16-13-11-5-4-9(17)7-12(11)21-14(13)15(20)19-8-10-3-1-2-6-18-10/h1-7H,8H2,(H,19,20). The van der Waals surface area contributed by atoms with Gasteiger partial charge >= 0.3 is 0 Å². The van der Waals surface area contributed by atoms with Gasteiger partial charge in [0.2, 0.25) is 0 Å². The monoisotopic (exact) mass is 320 g/mol. The first kappa shape index (κ1) is 14.0. The topological polar surface area (TPSA) is 42.0 Å². The highest BCUT2D eigenvalue weighted by Gasteiger charge is 2.17. The Hall–Kier alpha value is -1.98. The first-order valence-corrected chi connectivity index (χ1v) is 7.40. The summed E-state index contributed by atoms with van der Waals surface area (Å²) in [6.07, 6.45) is 1.66. The van der Waals surface area contributed by atoms with Gasteiger partial charge < -0.3 is 5.32 Å². The van der Waals surface area contributed by atoms with Crippen LogP contribution in [-0.4, -0.2) is 10.9 Å². The van der Waals surface area contributed by atoms with Gasteiger partial charge in [0.25, 0.3) is 5.91 Å². The molecule has 106 valence electrons. The molecule has 0 saturated carbocycles. The third-order valence-electron chi connectivity index (χ3n) is 2.95. The molecule has 1 aromatic carbocycles. The summed E-state index contributed by atoms with van der Waals surface area (Å²) in [6, 6.07) is 9.77. The minimum Gasteiger partial charge on any atom is -0.346 e. The summed E-state index contributed by atoms with van der Waals surface area (Å²) in [5.41, 5.74) is 0.758. The largest absolute Gasteiger partial charge is 0.346 e. The average molecular weight is 321 g/mol. The van der Waals surface area contributed by atoms with E-state index in [0.717, 1.165) is 5.69 Å². The molecule has 0 spiro atoms. The molecular formula is C15H10ClFN2OS. The van der Waals surface area contributed by atoms with Crippen molar-refractivity contribution in [1.82, 2.24) is 10.3 Å². The third kappa shape index (κ3) is 2.89. The number of hydrogen-bond donors (Lipinski definition) is 1. The summed E-state index contributed by atoms with van der Waals surface area (Å²) in [5.74, 6) is -0.631. The quantitative estimate of drug-likeness (QED) is 0.792. The Labute approximate surface area is 129 Å². The molecule has 0 bridgehead atoms. The van der Waals surface area contributed by atoms with Crippen LogP contribution in [0.5, 0.6) is 0 Å². The molecular weight excluding hydrogens is 311 g/mol. The lowest BCUT2D eigenvalue weighted by atomic mass is 10.2. The fourth-order valence-corrected chi connectivity index (χ4v) is 3.40. The predicted octanol–water partition coefficient (Wildman–Crippen LogP) is 4.02. The van der Waals surface area contributed by atoms with Crippen LogP contribution in [0.15, 0.2) is 42.6 Å². The Balaban J connectivity index is 1.83. The molecule has 0 radical (unpaired) electrons. The lowest BCUT2D eigenvalue weighted by molar-refractivity contribution is 0.0954. The first-order valence-electron chi connectivity index (χ1n) is 6.21. The van der Waals surface area contributed by atoms with E-state index in [1.807, 2.05) is 18.2 Å². The highest BCUT2D eigenvalue weighted by Crippen LogP contribution is 2.35. The molecule has 0 atom stereocenters. The number of halogens is 2. The first-order chi connectivity index (χ1) is 10.1. The van der Waals surface area contributed by atoms with E-state index >= 15 is 0 Å². The van der Waals surface area contributed by atoms with Gasteiger partial charge in [-0.3, -0.25) is 9.78 Å². The molecule has 21 heavy (non-hydrogen) atoms. The van der Waals surface area contributed by atoms with Crippen LogP contribution in [0.4, 0.5) is 4.39 Å². The Bertz CT molecular complexity index is 804. The maximum absolute atomic E-state index is 13.2. The molecule has 6 heteroatoms. The summed E-state index contributed by atoms with van der Waals surface area (Å²) < 4.78 is 13.9. The Kier molecular flexibility index (Phi) is 3.86. The van der Waals surface area contributed by atoms with Gasteiger partial charge in [0.15, 0.2) is 0 Å². The van der Waals surface area contributed by atoms with Crippen LogP contribution in [0.3, 0.4) is 0 Å². The smallest absolute Gasteiger partial charge is 0.263 e. The second-order valence-electron chi connectivity index (χ2n) is 4.39. The van der Waals surface area contributed by atoms with E-state index in [-0.39, 0.29) is 11.7 Å². The van der Waals surface area contributed by atoms with Crippen LogP contribution < -0.4 is 5.32 Å². The van der Waals surface area contributed by atoms with E-state index in [9.17, 15) is 9.18 Å².